The van der Waals surface area contributed by atoms with Gasteiger partial charge >= 0.3 is 6.09 Å². The van der Waals surface area contributed by atoms with E-state index in [0.29, 0.717) is 6.54 Å². The topological polar surface area (TPSA) is 38.3 Å². The molecule has 0 aliphatic carbocycles. The molecule has 0 atom stereocenters. The second-order valence-electron chi connectivity index (χ2n) is 5.27. The number of aryl methyl sites for hydroxylation is 1. The number of rotatable bonds is 3. The van der Waals surface area contributed by atoms with E-state index < -0.39 is 5.60 Å². The van der Waals surface area contributed by atoms with Gasteiger partial charge in [-0.25, -0.2) is 4.79 Å². The molecule has 3 nitrogen and oxygen atoms in total. The van der Waals surface area contributed by atoms with Crippen molar-refractivity contribution in [3.63, 3.8) is 0 Å². The Labute approximate surface area is 117 Å². The Bertz CT molecular complexity index is 424. The van der Waals surface area contributed by atoms with E-state index in [0.717, 1.165) is 10.9 Å². The molecule has 0 saturated carbocycles. The van der Waals surface area contributed by atoms with Crippen molar-refractivity contribution in [3.05, 3.63) is 33.8 Å². The summed E-state index contributed by atoms with van der Waals surface area (Å²) in [6.45, 7) is 8.17. The Morgan fingerprint density at radius 3 is 2.67 bits per heavy atom. The first-order chi connectivity index (χ1) is 8.28. The zero-order valence-electron chi connectivity index (χ0n) is 11.3. The van der Waals surface area contributed by atoms with Crippen LogP contribution in [0.25, 0.3) is 0 Å². The summed E-state index contributed by atoms with van der Waals surface area (Å²) in [5, 5.41) is 2.75. The molecule has 0 heterocycles. The van der Waals surface area contributed by atoms with Crippen molar-refractivity contribution in [1.29, 1.82) is 0 Å². The van der Waals surface area contributed by atoms with Crippen LogP contribution in [-0.4, -0.2) is 18.2 Å². The van der Waals surface area contributed by atoms with Crippen molar-refractivity contribution in [2.75, 3.05) is 6.54 Å². The predicted molar refractivity (Wildman–Crippen MR) is 76.8 cm³/mol. The van der Waals surface area contributed by atoms with Gasteiger partial charge in [0.15, 0.2) is 0 Å². The first kappa shape index (κ1) is 15.0. The van der Waals surface area contributed by atoms with Crippen molar-refractivity contribution in [2.24, 2.45) is 0 Å². The maximum Gasteiger partial charge on any atom is 0.407 e. The summed E-state index contributed by atoms with van der Waals surface area (Å²) in [5.74, 6) is 0. The summed E-state index contributed by atoms with van der Waals surface area (Å²) in [6.07, 6.45) is 0.410. The number of ether oxygens (including phenoxy) is 1. The number of carbonyl (C=O) groups excluding carboxylic acids is 1. The molecule has 0 saturated heterocycles. The highest BCUT2D eigenvalue weighted by molar-refractivity contribution is 9.10. The van der Waals surface area contributed by atoms with Gasteiger partial charge in [-0.05, 0) is 45.7 Å². The Hall–Kier alpha value is -1.03. The number of benzene rings is 1. The number of halogens is 1. The first-order valence-corrected chi connectivity index (χ1v) is 6.79. The number of amides is 1. The Morgan fingerprint density at radius 2 is 2.06 bits per heavy atom. The lowest BCUT2D eigenvalue weighted by molar-refractivity contribution is 0.0528. The molecule has 0 aromatic heterocycles. The van der Waals surface area contributed by atoms with Crippen LogP contribution in [0.1, 0.15) is 31.9 Å². The molecule has 1 aromatic rings. The summed E-state index contributed by atoms with van der Waals surface area (Å²) in [6, 6.07) is 6.19. The Kier molecular flexibility index (Phi) is 5.20. The van der Waals surface area contributed by atoms with Crippen LogP contribution in [0.15, 0.2) is 22.7 Å². The van der Waals surface area contributed by atoms with E-state index in [1.54, 1.807) is 0 Å². The van der Waals surface area contributed by atoms with Crippen LogP contribution in [0, 0.1) is 6.92 Å². The van der Waals surface area contributed by atoms with Gasteiger partial charge in [-0.15, -0.1) is 0 Å². The van der Waals surface area contributed by atoms with Crippen molar-refractivity contribution in [3.8, 4) is 0 Å². The lowest BCUT2D eigenvalue weighted by Gasteiger charge is -2.19. The SMILES string of the molecule is Cc1ccc(Br)c(CCNC(=O)OC(C)(C)C)c1. The lowest BCUT2D eigenvalue weighted by atomic mass is 10.1. The minimum Gasteiger partial charge on any atom is -0.444 e. The van der Waals surface area contributed by atoms with Crippen LogP contribution in [-0.2, 0) is 11.2 Å². The average molecular weight is 314 g/mol. The van der Waals surface area contributed by atoms with Gasteiger partial charge < -0.3 is 10.1 Å². The molecule has 0 fully saturated rings. The van der Waals surface area contributed by atoms with Gasteiger partial charge in [0.25, 0.3) is 0 Å². The highest BCUT2D eigenvalue weighted by Gasteiger charge is 2.15. The van der Waals surface area contributed by atoms with Gasteiger partial charge in [0.2, 0.25) is 0 Å². The van der Waals surface area contributed by atoms with Crippen LogP contribution >= 0.6 is 15.9 Å². The fraction of sp³-hybridized carbons (Fsp3) is 0.500. The molecule has 1 rings (SSSR count). The molecule has 18 heavy (non-hydrogen) atoms. The van der Waals surface area contributed by atoms with Gasteiger partial charge in [0, 0.05) is 11.0 Å². The van der Waals surface area contributed by atoms with Gasteiger partial charge in [-0.1, -0.05) is 33.6 Å². The summed E-state index contributed by atoms with van der Waals surface area (Å²) < 4.78 is 6.24. The predicted octanol–water partition coefficient (Wildman–Crippen LogP) is 3.82. The highest BCUT2D eigenvalue weighted by atomic mass is 79.9. The normalized spacial score (nSPS) is 11.2. The fourth-order valence-corrected chi connectivity index (χ4v) is 1.95. The molecule has 1 N–H and O–H groups in total. The Morgan fingerprint density at radius 1 is 1.39 bits per heavy atom. The standard InChI is InChI=1S/C14H20BrNO2/c1-10-5-6-12(15)11(9-10)7-8-16-13(17)18-14(2,3)4/h5-6,9H,7-8H2,1-4H3,(H,16,17). The van der Waals surface area contributed by atoms with E-state index >= 15 is 0 Å². The maximum atomic E-state index is 11.5. The summed E-state index contributed by atoms with van der Waals surface area (Å²) in [7, 11) is 0. The minimum absolute atomic E-state index is 0.369. The molecule has 0 unspecified atom stereocenters. The van der Waals surface area contributed by atoms with Crippen LogP contribution < -0.4 is 5.32 Å². The van der Waals surface area contributed by atoms with E-state index in [2.05, 4.69) is 40.3 Å². The smallest absolute Gasteiger partial charge is 0.407 e. The monoisotopic (exact) mass is 313 g/mol. The van der Waals surface area contributed by atoms with E-state index in [4.69, 9.17) is 4.74 Å². The van der Waals surface area contributed by atoms with Crippen molar-refractivity contribution in [2.45, 2.75) is 39.7 Å². The summed E-state index contributed by atoms with van der Waals surface area (Å²) >= 11 is 3.50. The van der Waals surface area contributed by atoms with E-state index in [9.17, 15) is 4.79 Å². The van der Waals surface area contributed by atoms with Crippen molar-refractivity contribution in [1.82, 2.24) is 5.32 Å². The zero-order chi connectivity index (χ0) is 13.8. The number of nitrogens with one attached hydrogen (secondary N) is 1. The third-order valence-corrected chi connectivity index (χ3v) is 3.04. The summed E-state index contributed by atoms with van der Waals surface area (Å²) in [4.78, 5) is 11.5. The maximum absolute atomic E-state index is 11.5. The molecule has 1 aromatic carbocycles. The molecule has 100 valence electrons. The third-order valence-electron chi connectivity index (χ3n) is 2.26. The largest absolute Gasteiger partial charge is 0.444 e. The van der Waals surface area contributed by atoms with Gasteiger partial charge in [0.05, 0.1) is 0 Å². The van der Waals surface area contributed by atoms with E-state index in [1.807, 2.05) is 26.8 Å². The molecule has 0 aliphatic rings. The number of alkyl carbamates (subject to hydrolysis) is 1. The van der Waals surface area contributed by atoms with Gasteiger partial charge in [0.1, 0.15) is 5.60 Å². The minimum atomic E-state index is -0.450. The Balaban J connectivity index is 2.42. The number of carbonyl (C=O) groups is 1. The van der Waals surface area contributed by atoms with Crippen LogP contribution in [0.3, 0.4) is 0 Å². The molecular weight excluding hydrogens is 294 g/mol. The zero-order valence-corrected chi connectivity index (χ0v) is 12.9. The average Bonchev–Trinajstić information content (AvgIpc) is 2.20. The highest BCUT2D eigenvalue weighted by Crippen LogP contribution is 2.18. The molecule has 0 aliphatic heterocycles. The van der Waals surface area contributed by atoms with Crippen molar-refractivity contribution < 1.29 is 9.53 Å². The molecule has 0 radical (unpaired) electrons. The molecular formula is C14H20BrNO2. The van der Waals surface area contributed by atoms with Crippen LogP contribution in [0.4, 0.5) is 4.79 Å². The fourth-order valence-electron chi connectivity index (χ4n) is 1.51. The molecule has 4 heteroatoms. The molecule has 1 amide bonds. The third kappa shape index (κ3) is 5.54. The molecule has 0 spiro atoms. The van der Waals surface area contributed by atoms with E-state index in [1.165, 1.54) is 11.1 Å². The first-order valence-electron chi connectivity index (χ1n) is 6.00. The second kappa shape index (κ2) is 6.23. The van der Waals surface area contributed by atoms with Crippen LogP contribution in [0.2, 0.25) is 0 Å². The number of hydrogen-bond acceptors (Lipinski definition) is 2. The van der Waals surface area contributed by atoms with Gasteiger partial charge in [-0.2, -0.15) is 0 Å². The van der Waals surface area contributed by atoms with Crippen molar-refractivity contribution >= 4 is 22.0 Å². The second-order valence-corrected chi connectivity index (χ2v) is 6.13. The quantitative estimate of drug-likeness (QED) is 0.921. The van der Waals surface area contributed by atoms with Crippen LogP contribution in [0.5, 0.6) is 0 Å². The molecule has 0 bridgehead atoms. The number of hydrogen-bond donors (Lipinski definition) is 1. The van der Waals surface area contributed by atoms with Gasteiger partial charge in [-0.3, -0.25) is 0 Å². The summed E-state index contributed by atoms with van der Waals surface area (Å²) in [5.41, 5.74) is 1.95. The lowest BCUT2D eigenvalue weighted by Crippen LogP contribution is -2.33. The van der Waals surface area contributed by atoms with E-state index in [-0.39, 0.29) is 6.09 Å².